The summed E-state index contributed by atoms with van der Waals surface area (Å²) >= 11 is 0. The van der Waals surface area contributed by atoms with Crippen LogP contribution < -0.4 is 0 Å². The smallest absolute Gasteiger partial charge is 0.310 e. The zero-order chi connectivity index (χ0) is 29.4. The van der Waals surface area contributed by atoms with Crippen molar-refractivity contribution < 1.29 is 23.8 Å². The lowest BCUT2D eigenvalue weighted by Crippen LogP contribution is -2.46. The summed E-state index contributed by atoms with van der Waals surface area (Å²) in [6, 6.07) is 33.1. The van der Waals surface area contributed by atoms with Gasteiger partial charge >= 0.3 is 11.9 Å². The summed E-state index contributed by atoms with van der Waals surface area (Å²) in [4.78, 5) is 24.7. The summed E-state index contributed by atoms with van der Waals surface area (Å²) in [6.07, 6.45) is 2.17. The zero-order valence-corrected chi connectivity index (χ0v) is 24.4. The lowest BCUT2D eigenvalue weighted by atomic mass is 9.72. The van der Waals surface area contributed by atoms with E-state index < -0.39 is 0 Å². The van der Waals surface area contributed by atoms with E-state index in [1.165, 1.54) is 11.1 Å². The number of esters is 2. The van der Waals surface area contributed by atoms with Crippen molar-refractivity contribution in [1.29, 1.82) is 0 Å². The molecule has 4 aromatic carbocycles. The van der Waals surface area contributed by atoms with Crippen molar-refractivity contribution in [2.45, 2.75) is 39.5 Å². The van der Waals surface area contributed by atoms with Crippen molar-refractivity contribution in [3.8, 4) is 22.3 Å². The number of rotatable bonds is 12. The van der Waals surface area contributed by atoms with Gasteiger partial charge in [0.25, 0.3) is 0 Å². The fraction of sp³-hybridized carbons (Fsp3) is 0.297. The van der Waals surface area contributed by atoms with Crippen LogP contribution in [0.2, 0.25) is 0 Å². The number of carbonyl (C=O) groups excluding carboxylic acids is 2. The molecule has 0 atom stereocenters. The Balaban J connectivity index is 1.45. The Morgan fingerprint density at radius 3 is 1.24 bits per heavy atom. The summed E-state index contributed by atoms with van der Waals surface area (Å²) in [5, 5.41) is 0. The minimum absolute atomic E-state index is 0.0711. The molecule has 5 heteroatoms. The second kappa shape index (κ2) is 13.6. The highest BCUT2D eigenvalue weighted by atomic mass is 16.5. The third-order valence-electron chi connectivity index (χ3n) is 7.88. The first kappa shape index (κ1) is 29.3. The summed E-state index contributed by atoms with van der Waals surface area (Å²) < 4.78 is 16.4. The number of hydrogen-bond acceptors (Lipinski definition) is 5. The normalized spacial score (nSPS) is 13.7. The van der Waals surface area contributed by atoms with Crippen molar-refractivity contribution in [2.24, 2.45) is 5.41 Å². The minimum Gasteiger partial charge on any atom is -0.466 e. The minimum atomic E-state index is -0.217. The molecule has 0 bridgehead atoms. The summed E-state index contributed by atoms with van der Waals surface area (Å²) in [5.74, 6) is -0.433. The van der Waals surface area contributed by atoms with E-state index in [9.17, 15) is 9.59 Å². The van der Waals surface area contributed by atoms with E-state index in [0.29, 0.717) is 26.4 Å². The number of carbonyl (C=O) groups is 2. The molecule has 0 radical (unpaired) electrons. The van der Waals surface area contributed by atoms with E-state index in [1.54, 1.807) is 0 Å². The molecule has 4 aromatic rings. The van der Waals surface area contributed by atoms with Crippen LogP contribution in [0, 0.1) is 5.41 Å². The molecule has 5 nitrogen and oxygen atoms in total. The highest BCUT2D eigenvalue weighted by Gasteiger charge is 2.40. The van der Waals surface area contributed by atoms with Crippen molar-refractivity contribution in [3.63, 3.8) is 0 Å². The van der Waals surface area contributed by atoms with Crippen molar-refractivity contribution >= 4 is 11.9 Å². The Hall–Kier alpha value is -4.22. The Labute approximate surface area is 248 Å². The molecule has 1 saturated heterocycles. The van der Waals surface area contributed by atoms with E-state index in [1.807, 2.05) is 50.2 Å². The van der Waals surface area contributed by atoms with E-state index in [4.69, 9.17) is 14.2 Å². The molecular weight excluding hydrogens is 524 g/mol. The van der Waals surface area contributed by atoms with Gasteiger partial charge in [-0.3, -0.25) is 9.59 Å². The van der Waals surface area contributed by atoms with Gasteiger partial charge < -0.3 is 14.2 Å². The van der Waals surface area contributed by atoms with Crippen LogP contribution in [-0.4, -0.2) is 38.4 Å². The summed E-state index contributed by atoms with van der Waals surface area (Å²) in [5.41, 5.74) is 8.72. The van der Waals surface area contributed by atoms with Gasteiger partial charge in [-0.25, -0.2) is 0 Å². The first-order valence-corrected chi connectivity index (χ1v) is 14.7. The third-order valence-corrected chi connectivity index (χ3v) is 7.88. The second-order valence-corrected chi connectivity index (χ2v) is 10.9. The Morgan fingerprint density at radius 2 is 0.905 bits per heavy atom. The van der Waals surface area contributed by atoms with Gasteiger partial charge in [-0.05, 0) is 71.2 Å². The van der Waals surface area contributed by atoms with Crippen molar-refractivity contribution in [3.05, 3.63) is 119 Å². The maximum atomic E-state index is 12.4. The summed E-state index contributed by atoms with van der Waals surface area (Å²) in [6.45, 7) is 5.74. The van der Waals surface area contributed by atoms with E-state index in [2.05, 4.69) is 60.7 Å². The molecular formula is C37H38O5. The highest BCUT2D eigenvalue weighted by molar-refractivity contribution is 5.80. The molecule has 0 aromatic heterocycles. The molecule has 5 rings (SSSR count). The van der Waals surface area contributed by atoms with Crippen LogP contribution in [0.15, 0.2) is 97.1 Å². The Bertz CT molecular complexity index is 1420. The fourth-order valence-electron chi connectivity index (χ4n) is 5.95. The first-order valence-electron chi connectivity index (χ1n) is 14.7. The Morgan fingerprint density at radius 1 is 0.571 bits per heavy atom. The lowest BCUT2D eigenvalue weighted by molar-refractivity contribution is -0.143. The fourth-order valence-corrected chi connectivity index (χ4v) is 5.95. The highest BCUT2D eigenvalue weighted by Crippen LogP contribution is 2.41. The van der Waals surface area contributed by atoms with E-state index >= 15 is 0 Å². The molecule has 1 fully saturated rings. The van der Waals surface area contributed by atoms with Crippen LogP contribution in [0.25, 0.3) is 22.3 Å². The van der Waals surface area contributed by atoms with Crippen LogP contribution >= 0.6 is 0 Å². The van der Waals surface area contributed by atoms with Gasteiger partial charge in [0, 0.05) is 5.41 Å². The molecule has 0 amide bonds. The van der Waals surface area contributed by atoms with Crippen LogP contribution in [-0.2, 0) is 49.5 Å². The molecule has 42 heavy (non-hydrogen) atoms. The van der Waals surface area contributed by atoms with E-state index in [-0.39, 0.29) is 30.2 Å². The third kappa shape index (κ3) is 6.80. The molecule has 1 aliphatic rings. The van der Waals surface area contributed by atoms with Crippen molar-refractivity contribution in [1.82, 2.24) is 0 Å². The van der Waals surface area contributed by atoms with Crippen LogP contribution in [0.3, 0.4) is 0 Å². The number of hydrogen-bond donors (Lipinski definition) is 0. The van der Waals surface area contributed by atoms with Gasteiger partial charge in [-0.2, -0.15) is 0 Å². The van der Waals surface area contributed by atoms with Gasteiger partial charge in [0.15, 0.2) is 0 Å². The molecule has 0 unspecified atom stereocenters. The van der Waals surface area contributed by atoms with Crippen LogP contribution in [0.5, 0.6) is 0 Å². The molecule has 0 spiro atoms. The number of ether oxygens (including phenoxy) is 3. The predicted molar refractivity (Wildman–Crippen MR) is 165 cm³/mol. The van der Waals surface area contributed by atoms with Gasteiger partial charge in [0.1, 0.15) is 0 Å². The quantitative estimate of drug-likeness (QED) is 0.174. The first-order chi connectivity index (χ1) is 20.5. The average Bonchev–Trinajstić information content (AvgIpc) is 2.97. The SMILES string of the molecule is CCOC(=O)Cc1ccccc1-c1ccccc1CC1(Cc2ccccc2-c2ccccc2CC(=O)OCC)COC1. The summed E-state index contributed by atoms with van der Waals surface area (Å²) in [7, 11) is 0. The van der Waals surface area contributed by atoms with Gasteiger partial charge in [0.05, 0.1) is 39.3 Å². The predicted octanol–water partition coefficient (Wildman–Crippen LogP) is 7.03. The van der Waals surface area contributed by atoms with Gasteiger partial charge in [0.2, 0.25) is 0 Å². The molecule has 216 valence electrons. The average molecular weight is 563 g/mol. The molecule has 1 aliphatic heterocycles. The standard InChI is InChI=1S/C37H38O5/c1-3-41-35(38)21-27-13-5-9-17-31(27)33-19-11-7-15-29(33)23-37(25-40-26-37)24-30-16-8-12-20-34(30)32-18-10-6-14-28(32)22-36(39)42-4-2/h5-20H,3-4,21-26H2,1-2H3. The monoisotopic (exact) mass is 562 g/mol. The number of benzene rings is 4. The lowest BCUT2D eigenvalue weighted by Gasteiger charge is -2.43. The van der Waals surface area contributed by atoms with Gasteiger partial charge in [-0.15, -0.1) is 0 Å². The van der Waals surface area contributed by atoms with Crippen LogP contribution in [0.4, 0.5) is 0 Å². The molecule has 0 aliphatic carbocycles. The molecule has 0 saturated carbocycles. The van der Waals surface area contributed by atoms with Gasteiger partial charge in [-0.1, -0.05) is 97.1 Å². The molecule has 1 heterocycles. The van der Waals surface area contributed by atoms with Crippen molar-refractivity contribution in [2.75, 3.05) is 26.4 Å². The van der Waals surface area contributed by atoms with Crippen LogP contribution in [0.1, 0.15) is 36.1 Å². The Kier molecular flexibility index (Phi) is 9.50. The van der Waals surface area contributed by atoms with E-state index in [0.717, 1.165) is 46.2 Å². The largest absolute Gasteiger partial charge is 0.466 e. The maximum absolute atomic E-state index is 12.4. The maximum Gasteiger partial charge on any atom is 0.310 e. The topological polar surface area (TPSA) is 61.8 Å². The molecule has 0 N–H and O–H groups in total. The second-order valence-electron chi connectivity index (χ2n) is 10.9. The zero-order valence-electron chi connectivity index (χ0n) is 24.4.